The van der Waals surface area contributed by atoms with Crippen molar-refractivity contribution in [3.05, 3.63) is 78.0 Å². The molecule has 0 unspecified atom stereocenters. The summed E-state index contributed by atoms with van der Waals surface area (Å²) in [6, 6.07) is 13.6. The smallest absolute Gasteiger partial charge is 0.275 e. The van der Waals surface area contributed by atoms with Gasteiger partial charge < -0.3 is 10.6 Å². The van der Waals surface area contributed by atoms with E-state index in [0.29, 0.717) is 17.4 Å². The van der Waals surface area contributed by atoms with Crippen LogP contribution in [0.3, 0.4) is 0 Å². The number of carbonyl (C=O) groups excluding carboxylic acids is 1. The number of halogens is 1. The molecule has 2 N–H and O–H groups in total. The van der Waals surface area contributed by atoms with Crippen LogP contribution in [0.5, 0.6) is 0 Å². The summed E-state index contributed by atoms with van der Waals surface area (Å²) in [6.07, 6.45) is 2.87. The molecular weight excluding hydrogens is 331 g/mol. The van der Waals surface area contributed by atoms with Gasteiger partial charge in [0.15, 0.2) is 0 Å². The van der Waals surface area contributed by atoms with Gasteiger partial charge in [-0.2, -0.15) is 0 Å². The summed E-state index contributed by atoms with van der Waals surface area (Å²) in [6.45, 7) is 4.14. The fraction of sp³-hybridized carbons (Fsp3) is 0.150. The Hall–Kier alpha value is -3.28. The molecule has 0 spiro atoms. The van der Waals surface area contributed by atoms with E-state index < -0.39 is 0 Å². The van der Waals surface area contributed by atoms with E-state index in [1.807, 2.05) is 24.3 Å². The molecule has 1 heterocycles. The van der Waals surface area contributed by atoms with Crippen LogP contribution in [0.1, 0.15) is 35.8 Å². The Morgan fingerprint density at radius 2 is 1.73 bits per heavy atom. The van der Waals surface area contributed by atoms with Gasteiger partial charge in [-0.15, -0.1) is 0 Å². The van der Waals surface area contributed by atoms with Gasteiger partial charge in [-0.3, -0.25) is 4.79 Å². The molecule has 0 fully saturated rings. The number of benzene rings is 2. The Labute approximate surface area is 151 Å². The van der Waals surface area contributed by atoms with Crippen LogP contribution in [-0.4, -0.2) is 15.9 Å². The maximum atomic E-state index is 12.9. The van der Waals surface area contributed by atoms with Gasteiger partial charge in [0.05, 0.1) is 12.4 Å². The first-order valence-corrected chi connectivity index (χ1v) is 8.28. The summed E-state index contributed by atoms with van der Waals surface area (Å²) in [5.41, 5.74) is 2.73. The maximum absolute atomic E-state index is 12.9. The number of rotatable bonds is 5. The lowest BCUT2D eigenvalue weighted by Crippen LogP contribution is -2.15. The number of nitrogens with one attached hydrogen (secondary N) is 2. The normalized spacial score (nSPS) is 10.6. The zero-order valence-corrected chi connectivity index (χ0v) is 14.5. The van der Waals surface area contributed by atoms with E-state index in [-0.39, 0.29) is 17.4 Å². The Morgan fingerprint density at radius 3 is 2.38 bits per heavy atom. The molecule has 0 saturated carbocycles. The maximum Gasteiger partial charge on any atom is 0.275 e. The second-order valence-corrected chi connectivity index (χ2v) is 6.11. The first-order chi connectivity index (χ1) is 12.5. The monoisotopic (exact) mass is 350 g/mol. The molecule has 0 bridgehead atoms. The van der Waals surface area contributed by atoms with E-state index in [4.69, 9.17) is 0 Å². The predicted molar refractivity (Wildman–Crippen MR) is 100 cm³/mol. The minimum Gasteiger partial charge on any atom is -0.339 e. The second-order valence-electron chi connectivity index (χ2n) is 6.11. The van der Waals surface area contributed by atoms with Crippen LogP contribution in [0, 0.1) is 5.82 Å². The van der Waals surface area contributed by atoms with E-state index in [1.54, 1.807) is 12.1 Å². The first kappa shape index (κ1) is 17.5. The number of anilines is 3. The molecule has 2 aromatic carbocycles. The number of carbonyl (C=O) groups is 1. The minimum atomic E-state index is -0.320. The molecule has 0 radical (unpaired) electrons. The first-order valence-electron chi connectivity index (χ1n) is 8.28. The summed E-state index contributed by atoms with van der Waals surface area (Å²) >= 11 is 0. The second kappa shape index (κ2) is 7.74. The van der Waals surface area contributed by atoms with E-state index >= 15 is 0 Å². The van der Waals surface area contributed by atoms with Crippen molar-refractivity contribution in [2.24, 2.45) is 0 Å². The van der Waals surface area contributed by atoms with Gasteiger partial charge in [-0.1, -0.05) is 32.0 Å². The standard InChI is InChI=1S/C20H19FN4O/c1-13(2)16-5-3-4-6-17(16)25-20(26)18-11-23-19(12-22-18)24-15-9-7-14(21)8-10-15/h3-13H,1-2H3,(H,23,24)(H,25,26). The van der Waals surface area contributed by atoms with Crippen molar-refractivity contribution in [3.63, 3.8) is 0 Å². The quantitative estimate of drug-likeness (QED) is 0.698. The minimum absolute atomic E-state index is 0.216. The van der Waals surface area contributed by atoms with Gasteiger partial charge >= 0.3 is 0 Å². The highest BCUT2D eigenvalue weighted by atomic mass is 19.1. The Morgan fingerprint density at radius 1 is 1.00 bits per heavy atom. The van der Waals surface area contributed by atoms with Gasteiger partial charge in [-0.25, -0.2) is 14.4 Å². The highest BCUT2D eigenvalue weighted by molar-refractivity contribution is 6.03. The topological polar surface area (TPSA) is 66.9 Å². The van der Waals surface area contributed by atoms with Gasteiger partial charge in [0, 0.05) is 11.4 Å². The summed E-state index contributed by atoms with van der Waals surface area (Å²) in [4.78, 5) is 20.8. The third kappa shape index (κ3) is 4.22. The lowest BCUT2D eigenvalue weighted by Gasteiger charge is -2.13. The number of aromatic nitrogens is 2. The number of nitrogens with zero attached hydrogens (tertiary/aromatic N) is 2. The Bertz CT molecular complexity index is 892. The molecule has 0 aliphatic carbocycles. The largest absolute Gasteiger partial charge is 0.339 e. The fourth-order valence-corrected chi connectivity index (χ4v) is 2.49. The van der Waals surface area contributed by atoms with E-state index in [1.165, 1.54) is 24.5 Å². The van der Waals surface area contributed by atoms with Crippen molar-refractivity contribution in [1.82, 2.24) is 9.97 Å². The van der Waals surface area contributed by atoms with E-state index in [0.717, 1.165) is 11.3 Å². The number of hydrogen-bond acceptors (Lipinski definition) is 4. The van der Waals surface area contributed by atoms with E-state index in [2.05, 4.69) is 34.4 Å². The zero-order chi connectivity index (χ0) is 18.5. The van der Waals surface area contributed by atoms with Crippen molar-refractivity contribution in [2.45, 2.75) is 19.8 Å². The molecule has 1 amide bonds. The fourth-order valence-electron chi connectivity index (χ4n) is 2.49. The van der Waals surface area contributed by atoms with Crippen molar-refractivity contribution < 1.29 is 9.18 Å². The molecule has 3 aromatic rings. The molecule has 3 rings (SSSR count). The predicted octanol–water partition coefficient (Wildman–Crippen LogP) is 4.74. The molecule has 132 valence electrons. The molecule has 1 aromatic heterocycles. The lowest BCUT2D eigenvalue weighted by atomic mass is 10.0. The average molecular weight is 350 g/mol. The lowest BCUT2D eigenvalue weighted by molar-refractivity contribution is 0.102. The summed E-state index contributed by atoms with van der Waals surface area (Å²) in [5, 5.41) is 5.88. The van der Waals surface area contributed by atoms with Gasteiger partial charge in [0.25, 0.3) is 5.91 Å². The van der Waals surface area contributed by atoms with Crippen LogP contribution >= 0.6 is 0 Å². The third-order valence-electron chi connectivity index (χ3n) is 3.83. The summed E-state index contributed by atoms with van der Waals surface area (Å²) in [5.74, 6) is 0.130. The van der Waals surface area contributed by atoms with Crippen LogP contribution < -0.4 is 10.6 Å². The Balaban J connectivity index is 1.70. The zero-order valence-electron chi connectivity index (χ0n) is 14.5. The molecule has 5 nitrogen and oxygen atoms in total. The van der Waals surface area contributed by atoms with Crippen LogP contribution in [0.4, 0.5) is 21.6 Å². The van der Waals surface area contributed by atoms with Crippen molar-refractivity contribution in [3.8, 4) is 0 Å². The van der Waals surface area contributed by atoms with Crippen molar-refractivity contribution in [1.29, 1.82) is 0 Å². The highest BCUT2D eigenvalue weighted by Gasteiger charge is 2.12. The van der Waals surface area contributed by atoms with Crippen LogP contribution in [0.25, 0.3) is 0 Å². The summed E-state index contributed by atoms with van der Waals surface area (Å²) < 4.78 is 12.9. The van der Waals surface area contributed by atoms with Crippen molar-refractivity contribution >= 4 is 23.1 Å². The van der Waals surface area contributed by atoms with Crippen LogP contribution in [0.15, 0.2) is 60.9 Å². The number of amides is 1. The van der Waals surface area contributed by atoms with Crippen LogP contribution in [-0.2, 0) is 0 Å². The third-order valence-corrected chi connectivity index (χ3v) is 3.83. The van der Waals surface area contributed by atoms with Gasteiger partial charge in [0.2, 0.25) is 0 Å². The SMILES string of the molecule is CC(C)c1ccccc1NC(=O)c1cnc(Nc2ccc(F)cc2)cn1. The molecular formula is C20H19FN4O. The Kier molecular flexibility index (Phi) is 5.22. The molecule has 0 aliphatic rings. The highest BCUT2D eigenvalue weighted by Crippen LogP contribution is 2.24. The summed E-state index contributed by atoms with van der Waals surface area (Å²) in [7, 11) is 0. The van der Waals surface area contributed by atoms with Crippen molar-refractivity contribution in [2.75, 3.05) is 10.6 Å². The molecule has 6 heteroatoms. The number of hydrogen-bond donors (Lipinski definition) is 2. The van der Waals surface area contributed by atoms with Gasteiger partial charge in [0.1, 0.15) is 17.3 Å². The number of para-hydroxylation sites is 1. The molecule has 0 aliphatic heterocycles. The van der Waals surface area contributed by atoms with Crippen LogP contribution in [0.2, 0.25) is 0 Å². The van der Waals surface area contributed by atoms with Gasteiger partial charge in [-0.05, 0) is 41.8 Å². The van der Waals surface area contributed by atoms with E-state index in [9.17, 15) is 9.18 Å². The molecule has 0 saturated heterocycles. The molecule has 26 heavy (non-hydrogen) atoms. The average Bonchev–Trinajstić information content (AvgIpc) is 2.64. The molecule has 0 atom stereocenters.